The summed E-state index contributed by atoms with van der Waals surface area (Å²) in [6, 6.07) is 7.26. The van der Waals surface area contributed by atoms with Crippen LogP contribution in [0.15, 0.2) is 24.3 Å². The van der Waals surface area contributed by atoms with Crippen molar-refractivity contribution < 1.29 is 4.39 Å². The summed E-state index contributed by atoms with van der Waals surface area (Å²) >= 11 is 0. The molecule has 1 nitrogen and oxygen atoms in total. The Labute approximate surface area is 116 Å². The number of halogens is 1. The van der Waals surface area contributed by atoms with Crippen LogP contribution in [0.1, 0.15) is 44.6 Å². The van der Waals surface area contributed by atoms with Gasteiger partial charge in [0.25, 0.3) is 0 Å². The normalized spacial score (nSPS) is 23.5. The minimum absolute atomic E-state index is 0.0339. The molecule has 1 fully saturated rings. The van der Waals surface area contributed by atoms with E-state index >= 15 is 0 Å². The summed E-state index contributed by atoms with van der Waals surface area (Å²) in [6.45, 7) is 4.40. The van der Waals surface area contributed by atoms with E-state index in [-0.39, 0.29) is 5.82 Å². The average Bonchev–Trinajstić information content (AvgIpc) is 2.43. The van der Waals surface area contributed by atoms with Crippen molar-refractivity contribution in [2.24, 2.45) is 11.8 Å². The van der Waals surface area contributed by atoms with Gasteiger partial charge in [-0.2, -0.15) is 0 Å². The Hall–Kier alpha value is -0.890. The standard InChI is InChI=1S/C17H26FN/c1-2-11-19-13-16-9-4-3-7-14(16)12-15-8-5-6-10-17(15)18/h5-6,8,10,14,16,19H,2-4,7,9,11-13H2,1H3. The van der Waals surface area contributed by atoms with Gasteiger partial charge in [0.1, 0.15) is 5.82 Å². The first-order valence-corrected chi connectivity index (χ1v) is 7.75. The predicted octanol–water partition coefficient (Wildman–Crippen LogP) is 4.17. The molecule has 2 unspecified atom stereocenters. The van der Waals surface area contributed by atoms with E-state index in [0.717, 1.165) is 31.0 Å². The van der Waals surface area contributed by atoms with Gasteiger partial charge in [0.05, 0.1) is 0 Å². The maximum Gasteiger partial charge on any atom is 0.126 e. The van der Waals surface area contributed by atoms with Gasteiger partial charge in [-0.25, -0.2) is 4.39 Å². The van der Waals surface area contributed by atoms with Crippen molar-refractivity contribution in [2.45, 2.75) is 45.4 Å². The van der Waals surface area contributed by atoms with Gasteiger partial charge in [-0.15, -0.1) is 0 Å². The molecule has 0 aliphatic heterocycles. The summed E-state index contributed by atoms with van der Waals surface area (Å²) in [6.07, 6.45) is 7.30. The Morgan fingerprint density at radius 1 is 1.16 bits per heavy atom. The predicted molar refractivity (Wildman–Crippen MR) is 78.7 cm³/mol. The van der Waals surface area contributed by atoms with E-state index in [1.165, 1.54) is 32.1 Å². The Morgan fingerprint density at radius 2 is 1.89 bits per heavy atom. The topological polar surface area (TPSA) is 12.0 Å². The zero-order chi connectivity index (χ0) is 13.5. The first-order valence-electron chi connectivity index (χ1n) is 7.75. The van der Waals surface area contributed by atoms with Crippen molar-refractivity contribution in [3.8, 4) is 0 Å². The van der Waals surface area contributed by atoms with E-state index in [0.29, 0.717) is 5.92 Å². The Balaban J connectivity index is 1.93. The van der Waals surface area contributed by atoms with Crippen LogP contribution in [0.3, 0.4) is 0 Å². The van der Waals surface area contributed by atoms with Crippen LogP contribution >= 0.6 is 0 Å². The van der Waals surface area contributed by atoms with Gasteiger partial charge in [0.15, 0.2) is 0 Å². The first-order chi connectivity index (χ1) is 9.31. The van der Waals surface area contributed by atoms with Gasteiger partial charge in [0, 0.05) is 0 Å². The van der Waals surface area contributed by atoms with Crippen molar-refractivity contribution in [3.63, 3.8) is 0 Å². The number of benzene rings is 1. The lowest BCUT2D eigenvalue weighted by Crippen LogP contribution is -2.32. The summed E-state index contributed by atoms with van der Waals surface area (Å²) < 4.78 is 13.8. The maximum atomic E-state index is 13.8. The Morgan fingerprint density at radius 3 is 2.63 bits per heavy atom. The second kappa shape index (κ2) is 7.64. The fourth-order valence-corrected chi connectivity index (χ4v) is 3.23. The molecule has 0 amide bonds. The average molecular weight is 263 g/mol. The quantitative estimate of drug-likeness (QED) is 0.759. The molecule has 1 aliphatic carbocycles. The molecule has 0 spiro atoms. The van der Waals surface area contributed by atoms with Crippen LogP contribution in [0.5, 0.6) is 0 Å². The van der Waals surface area contributed by atoms with Crippen molar-refractivity contribution in [1.29, 1.82) is 0 Å². The highest BCUT2D eigenvalue weighted by Gasteiger charge is 2.25. The van der Waals surface area contributed by atoms with Gasteiger partial charge >= 0.3 is 0 Å². The second-order valence-electron chi connectivity index (χ2n) is 5.80. The van der Waals surface area contributed by atoms with E-state index in [2.05, 4.69) is 12.2 Å². The summed E-state index contributed by atoms with van der Waals surface area (Å²) in [4.78, 5) is 0. The summed E-state index contributed by atoms with van der Waals surface area (Å²) in [5, 5.41) is 3.54. The number of hydrogen-bond acceptors (Lipinski definition) is 1. The van der Waals surface area contributed by atoms with Crippen molar-refractivity contribution >= 4 is 0 Å². The Kier molecular flexibility index (Phi) is 5.84. The van der Waals surface area contributed by atoms with E-state index < -0.39 is 0 Å². The van der Waals surface area contributed by atoms with Crippen LogP contribution in [-0.2, 0) is 6.42 Å². The highest BCUT2D eigenvalue weighted by Crippen LogP contribution is 2.32. The van der Waals surface area contributed by atoms with Crippen LogP contribution in [0.25, 0.3) is 0 Å². The van der Waals surface area contributed by atoms with Gasteiger partial charge in [0.2, 0.25) is 0 Å². The smallest absolute Gasteiger partial charge is 0.126 e. The van der Waals surface area contributed by atoms with E-state index in [4.69, 9.17) is 0 Å². The molecule has 1 aliphatic rings. The molecular weight excluding hydrogens is 237 g/mol. The lowest BCUT2D eigenvalue weighted by molar-refractivity contribution is 0.227. The van der Waals surface area contributed by atoms with Gasteiger partial charge < -0.3 is 5.32 Å². The Bertz CT molecular complexity index is 377. The number of nitrogens with one attached hydrogen (secondary N) is 1. The van der Waals surface area contributed by atoms with E-state index in [9.17, 15) is 4.39 Å². The summed E-state index contributed by atoms with van der Waals surface area (Å²) in [7, 11) is 0. The molecule has 0 heterocycles. The molecule has 0 radical (unpaired) electrons. The van der Waals surface area contributed by atoms with E-state index in [1.807, 2.05) is 12.1 Å². The van der Waals surface area contributed by atoms with Crippen molar-refractivity contribution in [2.75, 3.05) is 13.1 Å². The fraction of sp³-hybridized carbons (Fsp3) is 0.647. The van der Waals surface area contributed by atoms with Crippen molar-refractivity contribution in [1.82, 2.24) is 5.32 Å². The lowest BCUT2D eigenvalue weighted by Gasteiger charge is -2.32. The highest BCUT2D eigenvalue weighted by atomic mass is 19.1. The molecule has 2 atom stereocenters. The zero-order valence-electron chi connectivity index (χ0n) is 12.0. The molecule has 2 heteroatoms. The molecular formula is C17H26FN. The molecule has 1 aromatic rings. The summed E-state index contributed by atoms with van der Waals surface area (Å²) in [5.41, 5.74) is 0.898. The van der Waals surface area contributed by atoms with Gasteiger partial charge in [-0.05, 0) is 62.2 Å². The number of rotatable bonds is 6. The monoisotopic (exact) mass is 263 g/mol. The van der Waals surface area contributed by atoms with Crippen molar-refractivity contribution in [3.05, 3.63) is 35.6 Å². The van der Waals surface area contributed by atoms with Gasteiger partial charge in [-0.1, -0.05) is 38.0 Å². The zero-order valence-corrected chi connectivity index (χ0v) is 12.0. The minimum atomic E-state index is -0.0339. The van der Waals surface area contributed by atoms with Crippen LogP contribution in [0, 0.1) is 17.7 Å². The molecule has 1 N–H and O–H groups in total. The highest BCUT2D eigenvalue weighted by molar-refractivity contribution is 5.18. The number of hydrogen-bond donors (Lipinski definition) is 1. The minimum Gasteiger partial charge on any atom is -0.316 e. The molecule has 19 heavy (non-hydrogen) atoms. The maximum absolute atomic E-state index is 13.8. The molecule has 0 saturated heterocycles. The molecule has 2 rings (SSSR count). The third-order valence-corrected chi connectivity index (χ3v) is 4.34. The largest absolute Gasteiger partial charge is 0.316 e. The lowest BCUT2D eigenvalue weighted by atomic mass is 9.76. The van der Waals surface area contributed by atoms with Crippen LogP contribution in [0.2, 0.25) is 0 Å². The first kappa shape index (κ1) is 14.5. The SMILES string of the molecule is CCCNCC1CCCCC1Cc1ccccc1F. The fourth-order valence-electron chi connectivity index (χ4n) is 3.23. The van der Waals surface area contributed by atoms with Crippen LogP contribution in [-0.4, -0.2) is 13.1 Å². The molecule has 106 valence electrons. The van der Waals surface area contributed by atoms with Gasteiger partial charge in [-0.3, -0.25) is 0 Å². The molecule has 0 aromatic heterocycles. The third kappa shape index (κ3) is 4.31. The summed E-state index contributed by atoms with van der Waals surface area (Å²) in [5.74, 6) is 1.34. The molecule has 0 bridgehead atoms. The van der Waals surface area contributed by atoms with Crippen LogP contribution in [0.4, 0.5) is 4.39 Å². The molecule has 1 saturated carbocycles. The third-order valence-electron chi connectivity index (χ3n) is 4.34. The molecule has 1 aromatic carbocycles. The van der Waals surface area contributed by atoms with Crippen LogP contribution < -0.4 is 5.32 Å². The second-order valence-corrected chi connectivity index (χ2v) is 5.80. The van der Waals surface area contributed by atoms with E-state index in [1.54, 1.807) is 12.1 Å².